The number of hydrogen-bond donors (Lipinski definition) is 3. The number of amides is 1. The zero-order valence-corrected chi connectivity index (χ0v) is 13.6. The van der Waals surface area contributed by atoms with Crippen molar-refractivity contribution >= 4 is 5.91 Å². The molecule has 118 valence electrons. The van der Waals surface area contributed by atoms with Crippen LogP contribution in [0.2, 0.25) is 0 Å². The van der Waals surface area contributed by atoms with E-state index in [4.69, 9.17) is 5.84 Å². The summed E-state index contributed by atoms with van der Waals surface area (Å²) in [6.07, 6.45) is 9.13. The molecule has 0 aliphatic carbocycles. The second-order valence-corrected chi connectivity index (χ2v) is 4.90. The highest BCUT2D eigenvalue weighted by Gasteiger charge is 2.02. The minimum absolute atomic E-state index is 0.227. The molecule has 4 N–H and O–H groups in total. The van der Waals surface area contributed by atoms with E-state index in [-0.39, 0.29) is 5.91 Å². The number of nitrogens with one attached hydrogen (secondary N) is 2. The van der Waals surface area contributed by atoms with Gasteiger partial charge in [0.15, 0.2) is 0 Å². The van der Waals surface area contributed by atoms with Crippen LogP contribution < -0.4 is 16.5 Å². The van der Waals surface area contributed by atoms with E-state index in [0.29, 0.717) is 0 Å². The highest BCUT2D eigenvalue weighted by Crippen LogP contribution is 2.02. The molecular formula is C16H28N4O. The standard InChI is InChI=1S/C16H28N4O/c1-6-7-13(2)8-9-14(3)19-11-10-15(18-4)12-16(21)20(5)17/h6,8-9,12,18-19H,1,7,10-11,17H2,2-5H3/b13-8-,14-9+,15-12-. The molecule has 0 aliphatic heterocycles. The van der Waals surface area contributed by atoms with Crippen LogP contribution >= 0.6 is 0 Å². The Labute approximate surface area is 128 Å². The van der Waals surface area contributed by atoms with Crippen LogP contribution in [0.1, 0.15) is 26.7 Å². The van der Waals surface area contributed by atoms with Gasteiger partial charge in [-0.15, -0.1) is 6.58 Å². The third-order valence-electron chi connectivity index (χ3n) is 2.85. The Morgan fingerprint density at radius 3 is 2.52 bits per heavy atom. The monoisotopic (exact) mass is 292 g/mol. The third-order valence-corrected chi connectivity index (χ3v) is 2.85. The fourth-order valence-corrected chi connectivity index (χ4v) is 1.54. The highest BCUT2D eigenvalue weighted by atomic mass is 16.2. The van der Waals surface area contributed by atoms with E-state index in [1.807, 2.05) is 19.1 Å². The fraction of sp³-hybridized carbons (Fsp3) is 0.438. The van der Waals surface area contributed by atoms with Gasteiger partial charge in [0.05, 0.1) is 0 Å². The van der Waals surface area contributed by atoms with Gasteiger partial charge in [-0.1, -0.05) is 17.7 Å². The minimum Gasteiger partial charge on any atom is -0.391 e. The molecule has 21 heavy (non-hydrogen) atoms. The Balaban J connectivity index is 4.33. The SMILES string of the molecule is C=CC/C(C)=C\C=C(/C)NCC/C(=C/C(=O)N(C)N)NC. The number of nitrogens with zero attached hydrogens (tertiary/aromatic N) is 1. The quantitative estimate of drug-likeness (QED) is 0.151. The van der Waals surface area contributed by atoms with E-state index in [2.05, 4.69) is 30.2 Å². The van der Waals surface area contributed by atoms with E-state index >= 15 is 0 Å². The molecule has 5 heteroatoms. The van der Waals surface area contributed by atoms with Gasteiger partial charge in [-0.2, -0.15) is 0 Å². The first kappa shape index (κ1) is 19.0. The Kier molecular flexibility index (Phi) is 9.71. The summed E-state index contributed by atoms with van der Waals surface area (Å²) in [7, 11) is 3.31. The first-order valence-electron chi connectivity index (χ1n) is 7.00. The lowest BCUT2D eigenvalue weighted by atomic mass is 10.2. The maximum Gasteiger partial charge on any atom is 0.261 e. The predicted octanol–water partition coefficient (Wildman–Crippen LogP) is 1.83. The van der Waals surface area contributed by atoms with Crippen molar-refractivity contribution in [2.75, 3.05) is 20.6 Å². The van der Waals surface area contributed by atoms with Crippen LogP contribution in [-0.4, -0.2) is 31.6 Å². The zero-order chi connectivity index (χ0) is 16.3. The molecule has 0 rings (SSSR count). The highest BCUT2D eigenvalue weighted by molar-refractivity contribution is 5.87. The molecule has 0 atom stereocenters. The van der Waals surface area contributed by atoms with Crippen LogP contribution in [-0.2, 0) is 4.79 Å². The number of allylic oxidation sites excluding steroid dienone is 5. The predicted molar refractivity (Wildman–Crippen MR) is 89.0 cm³/mol. The van der Waals surface area contributed by atoms with Gasteiger partial charge in [-0.3, -0.25) is 9.80 Å². The van der Waals surface area contributed by atoms with Crippen molar-refractivity contribution in [2.24, 2.45) is 5.84 Å². The fourth-order valence-electron chi connectivity index (χ4n) is 1.54. The number of rotatable bonds is 9. The van der Waals surface area contributed by atoms with Crippen LogP contribution in [0.5, 0.6) is 0 Å². The zero-order valence-electron chi connectivity index (χ0n) is 13.6. The second-order valence-electron chi connectivity index (χ2n) is 4.90. The third kappa shape index (κ3) is 9.51. The van der Waals surface area contributed by atoms with Gasteiger partial charge in [-0.25, -0.2) is 5.84 Å². The first-order chi connectivity index (χ1) is 9.90. The van der Waals surface area contributed by atoms with Crippen molar-refractivity contribution in [1.82, 2.24) is 15.6 Å². The Morgan fingerprint density at radius 2 is 2.00 bits per heavy atom. The maximum absolute atomic E-state index is 11.5. The molecule has 0 bridgehead atoms. The summed E-state index contributed by atoms with van der Waals surface area (Å²) in [4.78, 5) is 11.5. The minimum atomic E-state index is -0.227. The van der Waals surface area contributed by atoms with Crippen molar-refractivity contribution in [3.8, 4) is 0 Å². The molecule has 0 aromatic heterocycles. The first-order valence-corrected chi connectivity index (χ1v) is 7.00. The Bertz CT molecular complexity index is 434. The van der Waals surface area contributed by atoms with E-state index < -0.39 is 0 Å². The molecule has 0 fully saturated rings. The van der Waals surface area contributed by atoms with Crippen molar-refractivity contribution in [3.63, 3.8) is 0 Å². The maximum atomic E-state index is 11.5. The largest absolute Gasteiger partial charge is 0.391 e. The molecule has 0 saturated carbocycles. The Morgan fingerprint density at radius 1 is 1.33 bits per heavy atom. The average molecular weight is 292 g/mol. The molecule has 0 unspecified atom stereocenters. The van der Waals surface area contributed by atoms with Gasteiger partial charge >= 0.3 is 0 Å². The summed E-state index contributed by atoms with van der Waals surface area (Å²) in [5, 5.41) is 7.36. The summed E-state index contributed by atoms with van der Waals surface area (Å²) in [6.45, 7) is 8.54. The van der Waals surface area contributed by atoms with Crippen LogP contribution in [0.4, 0.5) is 0 Å². The molecule has 0 aromatic rings. The lowest BCUT2D eigenvalue weighted by Crippen LogP contribution is -2.32. The van der Waals surface area contributed by atoms with Crippen molar-refractivity contribution in [1.29, 1.82) is 0 Å². The summed E-state index contributed by atoms with van der Waals surface area (Å²) >= 11 is 0. The van der Waals surface area contributed by atoms with Gasteiger partial charge in [0.1, 0.15) is 0 Å². The van der Waals surface area contributed by atoms with E-state index in [1.54, 1.807) is 7.05 Å². The number of nitrogens with two attached hydrogens (primary N) is 1. The molecule has 0 heterocycles. The normalized spacial score (nSPS) is 12.9. The van der Waals surface area contributed by atoms with Gasteiger partial charge in [-0.05, 0) is 26.3 Å². The van der Waals surface area contributed by atoms with Crippen LogP contribution in [0.3, 0.4) is 0 Å². The Hall–Kier alpha value is -2.01. The number of carbonyl (C=O) groups excluding carboxylic acids is 1. The lowest BCUT2D eigenvalue weighted by molar-refractivity contribution is -0.125. The van der Waals surface area contributed by atoms with Gasteiger partial charge < -0.3 is 10.6 Å². The topological polar surface area (TPSA) is 70.4 Å². The van der Waals surface area contributed by atoms with E-state index in [0.717, 1.165) is 35.8 Å². The van der Waals surface area contributed by atoms with E-state index in [9.17, 15) is 4.79 Å². The molecular weight excluding hydrogens is 264 g/mol. The average Bonchev–Trinajstić information content (AvgIpc) is 2.44. The summed E-state index contributed by atoms with van der Waals surface area (Å²) < 4.78 is 0. The van der Waals surface area contributed by atoms with E-state index in [1.165, 1.54) is 18.7 Å². The smallest absolute Gasteiger partial charge is 0.261 e. The second kappa shape index (κ2) is 10.7. The van der Waals surface area contributed by atoms with Crippen molar-refractivity contribution in [3.05, 3.63) is 47.9 Å². The molecule has 0 aromatic carbocycles. The summed E-state index contributed by atoms with van der Waals surface area (Å²) in [5.41, 5.74) is 3.19. The molecule has 0 spiro atoms. The summed E-state index contributed by atoms with van der Waals surface area (Å²) in [5.74, 6) is 5.15. The van der Waals surface area contributed by atoms with Gasteiger partial charge in [0, 0.05) is 44.5 Å². The van der Waals surface area contributed by atoms with Crippen LogP contribution in [0, 0.1) is 0 Å². The molecule has 0 saturated heterocycles. The number of hydrazine groups is 1. The molecule has 0 radical (unpaired) electrons. The molecule has 5 nitrogen and oxygen atoms in total. The van der Waals surface area contributed by atoms with Crippen molar-refractivity contribution in [2.45, 2.75) is 26.7 Å². The number of likely N-dealkylation sites (N-methyl/N-ethyl adjacent to an activating group) is 1. The van der Waals surface area contributed by atoms with Crippen LogP contribution in [0.15, 0.2) is 47.9 Å². The van der Waals surface area contributed by atoms with Gasteiger partial charge in [0.25, 0.3) is 5.91 Å². The van der Waals surface area contributed by atoms with Crippen molar-refractivity contribution < 1.29 is 4.79 Å². The van der Waals surface area contributed by atoms with Gasteiger partial charge in [0.2, 0.25) is 0 Å². The number of carbonyl (C=O) groups is 1. The molecule has 1 amide bonds. The molecule has 0 aliphatic rings. The lowest BCUT2D eigenvalue weighted by Gasteiger charge is -2.11. The number of hydrogen-bond acceptors (Lipinski definition) is 4. The van der Waals surface area contributed by atoms with Crippen LogP contribution in [0.25, 0.3) is 0 Å². The summed E-state index contributed by atoms with van der Waals surface area (Å²) in [6, 6.07) is 0.